The number of nitrogens with zero attached hydrogens (tertiary/aromatic N) is 2. The van der Waals surface area contributed by atoms with Crippen molar-refractivity contribution < 1.29 is 4.74 Å². The summed E-state index contributed by atoms with van der Waals surface area (Å²) < 4.78 is 5.41. The number of rotatable bonds is 3. The highest BCUT2D eigenvalue weighted by Crippen LogP contribution is 2.32. The minimum atomic E-state index is -0.00709. The highest BCUT2D eigenvalue weighted by atomic mass is 35.5. The molecule has 0 N–H and O–H groups in total. The maximum Gasteiger partial charge on any atom is 0.0998 e. The first-order valence-corrected chi connectivity index (χ1v) is 5.51. The molecule has 1 aromatic heterocycles. The molecule has 0 bridgehead atoms. The lowest BCUT2D eigenvalue weighted by molar-refractivity contribution is -0.0168. The van der Waals surface area contributed by atoms with Gasteiger partial charge < -0.3 is 9.64 Å². The normalized spacial score (nSPS) is 18.7. The Labute approximate surface area is 95.0 Å². The largest absolute Gasteiger partial charge is 0.375 e. The Morgan fingerprint density at radius 3 is 2.93 bits per heavy atom. The van der Waals surface area contributed by atoms with E-state index >= 15 is 0 Å². The maximum atomic E-state index is 5.86. The Balaban J connectivity index is 2.13. The van der Waals surface area contributed by atoms with E-state index in [2.05, 4.69) is 16.8 Å². The number of methoxy groups -OCH3 is 1. The van der Waals surface area contributed by atoms with Gasteiger partial charge in [0.1, 0.15) is 0 Å². The minimum Gasteiger partial charge on any atom is -0.375 e. The van der Waals surface area contributed by atoms with Gasteiger partial charge in [-0.2, -0.15) is 0 Å². The summed E-state index contributed by atoms with van der Waals surface area (Å²) in [5.74, 6) is 0.503. The number of alkyl halides is 1. The van der Waals surface area contributed by atoms with Crippen molar-refractivity contribution in [3.05, 3.63) is 24.0 Å². The quantitative estimate of drug-likeness (QED) is 0.738. The van der Waals surface area contributed by atoms with Gasteiger partial charge in [-0.1, -0.05) is 0 Å². The van der Waals surface area contributed by atoms with Gasteiger partial charge in [-0.3, -0.25) is 4.98 Å². The number of pyridine rings is 1. The van der Waals surface area contributed by atoms with Gasteiger partial charge in [0.2, 0.25) is 0 Å². The van der Waals surface area contributed by atoms with Crippen LogP contribution in [-0.4, -0.2) is 30.8 Å². The van der Waals surface area contributed by atoms with Gasteiger partial charge in [-0.15, -0.1) is 11.6 Å². The molecule has 0 unspecified atom stereocenters. The van der Waals surface area contributed by atoms with Crippen LogP contribution in [0.15, 0.2) is 18.5 Å². The highest BCUT2D eigenvalue weighted by Gasteiger charge is 2.39. The van der Waals surface area contributed by atoms with Crippen LogP contribution in [0.5, 0.6) is 0 Å². The van der Waals surface area contributed by atoms with Crippen molar-refractivity contribution in [3.8, 4) is 0 Å². The Kier molecular flexibility index (Phi) is 2.85. The lowest BCUT2D eigenvalue weighted by Crippen LogP contribution is -2.61. The first kappa shape index (κ1) is 10.7. The molecular formula is C11H15ClN2O. The first-order valence-electron chi connectivity index (χ1n) is 4.97. The topological polar surface area (TPSA) is 25.4 Å². The molecule has 1 aliphatic rings. The molecule has 0 amide bonds. The third kappa shape index (κ3) is 1.94. The van der Waals surface area contributed by atoms with Gasteiger partial charge in [0.25, 0.3) is 0 Å². The van der Waals surface area contributed by atoms with Gasteiger partial charge in [0.05, 0.1) is 11.5 Å². The molecule has 2 heterocycles. The average Bonchev–Trinajstić information content (AvgIpc) is 2.25. The third-order valence-corrected chi connectivity index (χ3v) is 3.19. The standard InChI is InChI=1S/C11H15ClN2O/c1-11(15-2)7-14(8-11)10-3-4-13-6-9(10)5-12/h3-4,6H,5,7-8H2,1-2H3. The second kappa shape index (κ2) is 3.99. The predicted octanol–water partition coefficient (Wildman–Crippen LogP) is 2.05. The van der Waals surface area contributed by atoms with Gasteiger partial charge in [-0.25, -0.2) is 0 Å². The van der Waals surface area contributed by atoms with Crippen LogP contribution >= 0.6 is 11.6 Å². The Bertz CT molecular complexity index is 350. The van der Waals surface area contributed by atoms with E-state index in [0.717, 1.165) is 18.7 Å². The number of aromatic nitrogens is 1. The smallest absolute Gasteiger partial charge is 0.0998 e. The van der Waals surface area contributed by atoms with Crippen LogP contribution in [0.1, 0.15) is 12.5 Å². The van der Waals surface area contributed by atoms with Gasteiger partial charge in [-0.05, 0) is 13.0 Å². The molecule has 1 saturated heterocycles. The molecule has 1 fully saturated rings. The number of ether oxygens (including phenoxy) is 1. The fourth-order valence-corrected chi connectivity index (χ4v) is 2.10. The average molecular weight is 227 g/mol. The SMILES string of the molecule is COC1(C)CN(c2ccncc2CCl)C1. The molecule has 4 heteroatoms. The third-order valence-electron chi connectivity index (χ3n) is 2.91. The number of anilines is 1. The Hall–Kier alpha value is -0.800. The van der Waals surface area contributed by atoms with Gasteiger partial charge in [0.15, 0.2) is 0 Å². The van der Waals surface area contributed by atoms with Crippen LogP contribution in [0.2, 0.25) is 0 Å². The van der Waals surface area contributed by atoms with Crippen LogP contribution in [0, 0.1) is 0 Å². The molecule has 0 atom stereocenters. The van der Waals surface area contributed by atoms with Crippen molar-refractivity contribution in [3.63, 3.8) is 0 Å². The van der Waals surface area contributed by atoms with Crippen LogP contribution in [0.4, 0.5) is 5.69 Å². The fourth-order valence-electron chi connectivity index (χ4n) is 1.89. The first-order chi connectivity index (χ1) is 7.18. The summed E-state index contributed by atoms with van der Waals surface area (Å²) in [7, 11) is 1.76. The number of halogens is 1. The van der Waals surface area contributed by atoms with Crippen molar-refractivity contribution >= 4 is 17.3 Å². The van der Waals surface area contributed by atoms with Crippen molar-refractivity contribution in [2.75, 3.05) is 25.1 Å². The second-order valence-electron chi connectivity index (χ2n) is 4.15. The van der Waals surface area contributed by atoms with Gasteiger partial charge in [0, 0.05) is 43.8 Å². The van der Waals surface area contributed by atoms with E-state index in [-0.39, 0.29) is 5.60 Å². The summed E-state index contributed by atoms with van der Waals surface area (Å²) in [6, 6.07) is 2.01. The molecule has 1 aromatic rings. The summed E-state index contributed by atoms with van der Waals surface area (Å²) >= 11 is 5.86. The molecule has 3 nitrogen and oxygen atoms in total. The molecule has 82 valence electrons. The fraction of sp³-hybridized carbons (Fsp3) is 0.545. The molecule has 0 saturated carbocycles. The number of hydrogen-bond acceptors (Lipinski definition) is 3. The molecule has 0 aromatic carbocycles. The molecule has 1 aliphatic heterocycles. The summed E-state index contributed by atoms with van der Waals surface area (Å²) in [4.78, 5) is 6.34. The van der Waals surface area contributed by atoms with Crippen LogP contribution < -0.4 is 4.90 Å². The Morgan fingerprint density at radius 2 is 2.33 bits per heavy atom. The maximum absolute atomic E-state index is 5.86. The van der Waals surface area contributed by atoms with E-state index in [4.69, 9.17) is 16.3 Å². The molecule has 0 radical (unpaired) electrons. The van der Waals surface area contributed by atoms with E-state index < -0.39 is 0 Å². The monoisotopic (exact) mass is 226 g/mol. The molecular weight excluding hydrogens is 212 g/mol. The zero-order valence-corrected chi connectivity index (χ0v) is 9.79. The van der Waals surface area contributed by atoms with E-state index in [1.54, 1.807) is 13.3 Å². The van der Waals surface area contributed by atoms with E-state index in [1.165, 1.54) is 5.69 Å². The summed E-state index contributed by atoms with van der Waals surface area (Å²) in [6.45, 7) is 3.94. The minimum absolute atomic E-state index is 0.00709. The predicted molar refractivity (Wildman–Crippen MR) is 61.4 cm³/mol. The molecule has 0 spiro atoms. The zero-order valence-electron chi connectivity index (χ0n) is 9.03. The number of hydrogen-bond donors (Lipinski definition) is 0. The van der Waals surface area contributed by atoms with Crippen molar-refractivity contribution in [1.29, 1.82) is 0 Å². The van der Waals surface area contributed by atoms with Crippen LogP contribution in [-0.2, 0) is 10.6 Å². The summed E-state index contributed by atoms with van der Waals surface area (Å²) in [6.07, 6.45) is 3.62. The lowest BCUT2D eigenvalue weighted by Gasteiger charge is -2.48. The zero-order chi connectivity index (χ0) is 10.9. The molecule has 2 rings (SSSR count). The Morgan fingerprint density at radius 1 is 1.60 bits per heavy atom. The van der Waals surface area contributed by atoms with Gasteiger partial charge >= 0.3 is 0 Å². The highest BCUT2D eigenvalue weighted by molar-refractivity contribution is 6.17. The summed E-state index contributed by atoms with van der Waals surface area (Å²) in [5, 5.41) is 0. The van der Waals surface area contributed by atoms with E-state index in [1.807, 2.05) is 12.3 Å². The molecule has 15 heavy (non-hydrogen) atoms. The van der Waals surface area contributed by atoms with E-state index in [9.17, 15) is 0 Å². The summed E-state index contributed by atoms with van der Waals surface area (Å²) in [5.41, 5.74) is 2.25. The van der Waals surface area contributed by atoms with Crippen LogP contribution in [0.3, 0.4) is 0 Å². The lowest BCUT2D eigenvalue weighted by atomic mass is 9.95. The van der Waals surface area contributed by atoms with Crippen LogP contribution in [0.25, 0.3) is 0 Å². The second-order valence-corrected chi connectivity index (χ2v) is 4.42. The van der Waals surface area contributed by atoms with E-state index in [0.29, 0.717) is 5.88 Å². The van der Waals surface area contributed by atoms with Crippen molar-refractivity contribution in [1.82, 2.24) is 4.98 Å². The van der Waals surface area contributed by atoms with Crippen molar-refractivity contribution in [2.24, 2.45) is 0 Å². The molecule has 0 aliphatic carbocycles. The van der Waals surface area contributed by atoms with Crippen molar-refractivity contribution in [2.45, 2.75) is 18.4 Å².